The first-order valence-electron chi connectivity index (χ1n) is 8.00. The van der Waals surface area contributed by atoms with E-state index < -0.39 is 0 Å². The molecule has 3 rings (SSSR count). The quantitative estimate of drug-likeness (QED) is 0.809. The van der Waals surface area contributed by atoms with Crippen LogP contribution in [0.15, 0.2) is 30.6 Å². The smallest absolute Gasteiger partial charge is 0.319 e. The summed E-state index contributed by atoms with van der Waals surface area (Å²) in [5.41, 5.74) is 3.52. The van der Waals surface area contributed by atoms with Crippen molar-refractivity contribution in [3.8, 4) is 0 Å². The number of nitrogens with one attached hydrogen (secondary N) is 3. The Morgan fingerprint density at radius 3 is 2.96 bits per heavy atom. The highest BCUT2D eigenvalue weighted by Crippen LogP contribution is 2.25. The summed E-state index contributed by atoms with van der Waals surface area (Å²) in [7, 11) is 1.84. The molecule has 1 aromatic heterocycles. The zero-order chi connectivity index (χ0) is 17.1. The molecule has 2 heterocycles. The molecule has 0 saturated carbocycles. The van der Waals surface area contributed by atoms with Crippen molar-refractivity contribution in [3.05, 3.63) is 41.7 Å². The van der Waals surface area contributed by atoms with Gasteiger partial charge in [-0.15, -0.1) is 0 Å². The number of rotatable bonds is 3. The molecule has 0 radical (unpaired) electrons. The minimum Gasteiger partial charge on any atom is -0.331 e. The van der Waals surface area contributed by atoms with Crippen molar-refractivity contribution in [2.75, 3.05) is 10.6 Å². The van der Waals surface area contributed by atoms with Gasteiger partial charge in [0.15, 0.2) is 0 Å². The molecule has 0 bridgehead atoms. The lowest BCUT2D eigenvalue weighted by atomic mass is 10.1. The molecule has 2 aromatic rings. The second-order valence-corrected chi connectivity index (χ2v) is 6.04. The molecule has 7 heteroatoms. The van der Waals surface area contributed by atoms with E-state index in [1.165, 1.54) is 0 Å². The SMILES string of the molecule is C[C@H](NC(=O)Nc1ccc2c(c1)CCCC(=O)N2)c1cnn(C)c1. The van der Waals surface area contributed by atoms with Gasteiger partial charge in [0.25, 0.3) is 0 Å². The Hall–Kier alpha value is -2.83. The van der Waals surface area contributed by atoms with Crippen molar-refractivity contribution in [3.63, 3.8) is 0 Å². The fraction of sp³-hybridized carbons (Fsp3) is 0.353. The minimum atomic E-state index is -0.274. The maximum Gasteiger partial charge on any atom is 0.319 e. The van der Waals surface area contributed by atoms with Crippen LogP contribution >= 0.6 is 0 Å². The first-order valence-corrected chi connectivity index (χ1v) is 8.00. The number of aromatic nitrogens is 2. The van der Waals surface area contributed by atoms with E-state index in [4.69, 9.17) is 0 Å². The van der Waals surface area contributed by atoms with Gasteiger partial charge in [-0.3, -0.25) is 9.48 Å². The van der Waals surface area contributed by atoms with Gasteiger partial charge in [-0.05, 0) is 43.5 Å². The number of carbonyl (C=O) groups is 2. The zero-order valence-electron chi connectivity index (χ0n) is 13.8. The Labute approximate surface area is 140 Å². The van der Waals surface area contributed by atoms with Crippen LogP contribution in [0.4, 0.5) is 16.2 Å². The summed E-state index contributed by atoms with van der Waals surface area (Å²) < 4.78 is 1.70. The van der Waals surface area contributed by atoms with Gasteiger partial charge in [0.1, 0.15) is 0 Å². The highest BCUT2D eigenvalue weighted by Gasteiger charge is 2.15. The molecule has 3 amide bonds. The molecule has 0 aliphatic carbocycles. The van der Waals surface area contributed by atoms with Crippen molar-refractivity contribution in [2.45, 2.75) is 32.2 Å². The molecular formula is C17H21N5O2. The van der Waals surface area contributed by atoms with E-state index in [9.17, 15) is 9.59 Å². The molecule has 1 atom stereocenters. The van der Waals surface area contributed by atoms with Crippen LogP contribution in [-0.4, -0.2) is 21.7 Å². The maximum atomic E-state index is 12.2. The lowest BCUT2D eigenvalue weighted by Gasteiger charge is -2.14. The molecule has 0 unspecified atom stereocenters. The second-order valence-electron chi connectivity index (χ2n) is 6.04. The van der Waals surface area contributed by atoms with Crippen molar-refractivity contribution < 1.29 is 9.59 Å². The van der Waals surface area contributed by atoms with Gasteiger partial charge in [-0.25, -0.2) is 4.79 Å². The van der Waals surface area contributed by atoms with Gasteiger partial charge in [0.2, 0.25) is 5.91 Å². The van der Waals surface area contributed by atoms with Crippen LogP contribution < -0.4 is 16.0 Å². The van der Waals surface area contributed by atoms with E-state index >= 15 is 0 Å². The lowest BCUT2D eigenvalue weighted by molar-refractivity contribution is -0.116. The third-order valence-electron chi connectivity index (χ3n) is 4.06. The molecule has 7 nitrogen and oxygen atoms in total. The van der Waals surface area contributed by atoms with E-state index in [1.807, 2.05) is 32.3 Å². The van der Waals surface area contributed by atoms with Crippen molar-refractivity contribution in [2.24, 2.45) is 7.05 Å². The Bertz CT molecular complexity index is 768. The van der Waals surface area contributed by atoms with Crippen LogP contribution in [0.3, 0.4) is 0 Å². The number of hydrogen-bond acceptors (Lipinski definition) is 3. The second kappa shape index (κ2) is 6.74. The highest BCUT2D eigenvalue weighted by molar-refractivity contribution is 5.94. The summed E-state index contributed by atoms with van der Waals surface area (Å²) >= 11 is 0. The van der Waals surface area contributed by atoms with E-state index in [2.05, 4.69) is 21.0 Å². The van der Waals surface area contributed by atoms with Gasteiger partial charge < -0.3 is 16.0 Å². The number of hydrogen-bond donors (Lipinski definition) is 3. The Morgan fingerprint density at radius 1 is 1.38 bits per heavy atom. The van der Waals surface area contributed by atoms with Crippen LogP contribution in [0.5, 0.6) is 0 Å². The van der Waals surface area contributed by atoms with E-state index in [1.54, 1.807) is 16.9 Å². The number of anilines is 2. The third-order valence-corrected chi connectivity index (χ3v) is 4.06. The minimum absolute atomic E-state index is 0.0393. The van der Waals surface area contributed by atoms with Crippen LogP contribution in [0, 0.1) is 0 Å². The van der Waals surface area contributed by atoms with Crippen LogP contribution in [0.25, 0.3) is 0 Å². The highest BCUT2D eigenvalue weighted by atomic mass is 16.2. The number of urea groups is 1. The summed E-state index contributed by atoms with van der Waals surface area (Å²) in [6.07, 6.45) is 5.76. The van der Waals surface area contributed by atoms with Crippen LogP contribution in [0.2, 0.25) is 0 Å². The monoisotopic (exact) mass is 327 g/mol. The molecule has 1 aliphatic heterocycles. The van der Waals surface area contributed by atoms with E-state index in [0.717, 1.165) is 29.7 Å². The van der Waals surface area contributed by atoms with Gasteiger partial charge >= 0.3 is 6.03 Å². The lowest BCUT2D eigenvalue weighted by Crippen LogP contribution is -2.31. The fourth-order valence-corrected chi connectivity index (χ4v) is 2.76. The molecular weight excluding hydrogens is 306 g/mol. The molecule has 1 aromatic carbocycles. The molecule has 1 aliphatic rings. The van der Waals surface area contributed by atoms with Gasteiger partial charge in [-0.1, -0.05) is 0 Å². The van der Waals surface area contributed by atoms with E-state index in [0.29, 0.717) is 12.1 Å². The summed E-state index contributed by atoms with van der Waals surface area (Å²) in [6.45, 7) is 1.91. The Morgan fingerprint density at radius 2 is 2.21 bits per heavy atom. The topological polar surface area (TPSA) is 88.1 Å². The molecule has 0 spiro atoms. The van der Waals surface area contributed by atoms with Gasteiger partial charge in [0, 0.05) is 36.6 Å². The molecule has 0 fully saturated rings. The first-order chi connectivity index (χ1) is 11.5. The van der Waals surface area contributed by atoms with E-state index in [-0.39, 0.29) is 18.0 Å². The Kier molecular flexibility index (Phi) is 4.50. The normalized spacial score (nSPS) is 15.0. The average molecular weight is 327 g/mol. The third kappa shape index (κ3) is 3.73. The number of nitrogens with zero attached hydrogens (tertiary/aromatic N) is 2. The van der Waals surface area contributed by atoms with Crippen molar-refractivity contribution in [1.82, 2.24) is 15.1 Å². The maximum absolute atomic E-state index is 12.2. The van der Waals surface area contributed by atoms with Crippen molar-refractivity contribution >= 4 is 23.3 Å². The number of aryl methyl sites for hydroxylation is 2. The number of carbonyl (C=O) groups excluding carboxylic acids is 2. The molecule has 3 N–H and O–H groups in total. The Balaban J connectivity index is 1.64. The predicted octanol–water partition coefficient (Wildman–Crippen LogP) is 2.58. The molecule has 126 valence electrons. The summed E-state index contributed by atoms with van der Waals surface area (Å²) in [4.78, 5) is 23.7. The van der Waals surface area contributed by atoms with Crippen LogP contribution in [0.1, 0.15) is 36.9 Å². The van der Waals surface area contributed by atoms with Crippen LogP contribution in [-0.2, 0) is 18.3 Å². The number of fused-ring (bicyclic) bond motifs is 1. The zero-order valence-corrected chi connectivity index (χ0v) is 13.8. The standard InChI is InChI=1S/C17H21N5O2/c1-11(13-9-18-22(2)10-13)19-17(24)20-14-6-7-15-12(8-14)4-3-5-16(23)21-15/h6-11H,3-5H2,1-2H3,(H,21,23)(H2,19,20,24)/t11-/m0/s1. The number of benzene rings is 1. The summed E-state index contributed by atoms with van der Waals surface area (Å²) in [6, 6.07) is 5.12. The molecule has 24 heavy (non-hydrogen) atoms. The average Bonchev–Trinajstić information content (AvgIpc) is 2.87. The first kappa shape index (κ1) is 16.0. The van der Waals surface area contributed by atoms with Gasteiger partial charge in [0.05, 0.1) is 12.2 Å². The van der Waals surface area contributed by atoms with Gasteiger partial charge in [-0.2, -0.15) is 5.10 Å². The predicted molar refractivity (Wildman–Crippen MR) is 91.8 cm³/mol. The largest absolute Gasteiger partial charge is 0.331 e. The number of amides is 3. The summed E-state index contributed by atoms with van der Waals surface area (Å²) in [5, 5.41) is 12.7. The molecule has 0 saturated heterocycles. The summed E-state index contributed by atoms with van der Waals surface area (Å²) in [5.74, 6) is 0.0393. The fourth-order valence-electron chi connectivity index (χ4n) is 2.76. The van der Waals surface area contributed by atoms with Crippen molar-refractivity contribution in [1.29, 1.82) is 0 Å².